The van der Waals surface area contributed by atoms with Crippen molar-refractivity contribution in [2.45, 2.75) is 45.6 Å². The van der Waals surface area contributed by atoms with Crippen LogP contribution in [0, 0.1) is 11.8 Å². The zero-order valence-electron chi connectivity index (χ0n) is 11.2. The highest BCUT2D eigenvalue weighted by Gasteiger charge is 2.39. The van der Waals surface area contributed by atoms with Crippen LogP contribution in [0.5, 0.6) is 0 Å². The molecule has 2 rings (SSSR count). The van der Waals surface area contributed by atoms with E-state index >= 15 is 0 Å². The molecule has 0 N–H and O–H groups in total. The first-order valence-corrected chi connectivity index (χ1v) is 6.52. The molecule has 0 spiro atoms. The van der Waals surface area contributed by atoms with Crippen LogP contribution in [-0.4, -0.2) is 29.7 Å². The van der Waals surface area contributed by atoms with Gasteiger partial charge in [-0.3, -0.25) is 0 Å². The number of carbonyl (C=O) groups excluding carboxylic acids is 1. The van der Waals surface area contributed by atoms with Crippen LogP contribution in [0.1, 0.15) is 40.0 Å². The summed E-state index contributed by atoms with van der Waals surface area (Å²) in [5.41, 5.74) is 0.925. The maximum atomic E-state index is 12.0. The second-order valence-electron chi connectivity index (χ2n) is 6.30. The molecule has 0 unspecified atom stereocenters. The third-order valence-corrected chi connectivity index (χ3v) is 3.69. The van der Waals surface area contributed by atoms with Crippen molar-refractivity contribution in [1.29, 1.82) is 0 Å². The molecular weight excluding hydrogens is 214 g/mol. The van der Waals surface area contributed by atoms with Crippen LogP contribution in [0.25, 0.3) is 0 Å². The molecule has 2 atom stereocenters. The van der Waals surface area contributed by atoms with Crippen LogP contribution in [0.15, 0.2) is 12.2 Å². The van der Waals surface area contributed by atoms with E-state index in [1.165, 1.54) is 18.4 Å². The summed E-state index contributed by atoms with van der Waals surface area (Å²) in [6, 6.07) is 0. The predicted octanol–water partition coefficient (Wildman–Crippen LogP) is 3.21. The van der Waals surface area contributed by atoms with E-state index in [1.54, 1.807) is 0 Å². The normalized spacial score (nSPS) is 29.1. The smallest absolute Gasteiger partial charge is 0.410 e. The van der Waals surface area contributed by atoms with E-state index in [9.17, 15) is 4.79 Å². The van der Waals surface area contributed by atoms with Crippen molar-refractivity contribution in [2.75, 3.05) is 13.1 Å². The molecule has 1 saturated carbocycles. The molecule has 0 aromatic carbocycles. The van der Waals surface area contributed by atoms with Crippen molar-refractivity contribution in [3.63, 3.8) is 0 Å². The summed E-state index contributed by atoms with van der Waals surface area (Å²) in [4.78, 5) is 13.8. The highest BCUT2D eigenvalue weighted by molar-refractivity contribution is 5.68. The van der Waals surface area contributed by atoms with Gasteiger partial charge in [-0.1, -0.05) is 12.2 Å². The SMILES string of the molecule is C=C1CCC[C@@H]2CN(C(=O)OC(C)(C)C)C[C@H]12. The number of hydrogen-bond donors (Lipinski definition) is 0. The molecule has 0 aromatic heterocycles. The molecule has 96 valence electrons. The van der Waals surface area contributed by atoms with E-state index in [0.29, 0.717) is 11.8 Å². The summed E-state index contributed by atoms with van der Waals surface area (Å²) >= 11 is 0. The molecule has 0 aromatic rings. The van der Waals surface area contributed by atoms with E-state index < -0.39 is 5.60 Å². The Bertz CT molecular complexity index is 330. The summed E-state index contributed by atoms with van der Waals surface area (Å²) in [6.45, 7) is 11.5. The van der Waals surface area contributed by atoms with Crippen molar-refractivity contribution in [2.24, 2.45) is 11.8 Å². The molecule has 2 fully saturated rings. The number of likely N-dealkylation sites (tertiary alicyclic amines) is 1. The molecule has 0 bridgehead atoms. The van der Waals surface area contributed by atoms with Gasteiger partial charge in [0.1, 0.15) is 5.60 Å². The Morgan fingerprint density at radius 1 is 1.41 bits per heavy atom. The van der Waals surface area contributed by atoms with Crippen molar-refractivity contribution in [3.8, 4) is 0 Å². The Hall–Kier alpha value is -0.990. The van der Waals surface area contributed by atoms with Gasteiger partial charge in [0.15, 0.2) is 0 Å². The second-order valence-corrected chi connectivity index (χ2v) is 6.30. The molecule has 1 saturated heterocycles. The van der Waals surface area contributed by atoms with Gasteiger partial charge in [0.05, 0.1) is 0 Å². The largest absolute Gasteiger partial charge is 0.444 e. The number of nitrogens with zero attached hydrogens (tertiary/aromatic N) is 1. The minimum absolute atomic E-state index is 0.167. The number of carbonyl (C=O) groups is 1. The zero-order chi connectivity index (χ0) is 12.6. The van der Waals surface area contributed by atoms with Gasteiger partial charge < -0.3 is 9.64 Å². The molecular formula is C14H23NO2. The van der Waals surface area contributed by atoms with E-state index in [-0.39, 0.29) is 6.09 Å². The van der Waals surface area contributed by atoms with Crippen LogP contribution in [0.2, 0.25) is 0 Å². The van der Waals surface area contributed by atoms with E-state index in [0.717, 1.165) is 19.5 Å². The Morgan fingerprint density at radius 3 is 2.71 bits per heavy atom. The fourth-order valence-corrected chi connectivity index (χ4v) is 2.88. The van der Waals surface area contributed by atoms with Crippen LogP contribution >= 0.6 is 0 Å². The quantitative estimate of drug-likeness (QED) is 0.605. The lowest BCUT2D eigenvalue weighted by atomic mass is 9.79. The third kappa shape index (κ3) is 2.82. The third-order valence-electron chi connectivity index (χ3n) is 3.69. The molecule has 3 heteroatoms. The van der Waals surface area contributed by atoms with Crippen LogP contribution in [-0.2, 0) is 4.74 Å². The van der Waals surface area contributed by atoms with E-state index in [1.807, 2.05) is 25.7 Å². The van der Waals surface area contributed by atoms with Crippen molar-refractivity contribution in [3.05, 3.63) is 12.2 Å². The average molecular weight is 237 g/mol. The molecule has 2 aliphatic rings. The Kier molecular flexibility index (Phi) is 3.19. The minimum Gasteiger partial charge on any atom is -0.444 e. The fraction of sp³-hybridized carbons (Fsp3) is 0.786. The lowest BCUT2D eigenvalue weighted by molar-refractivity contribution is 0.0285. The molecule has 17 heavy (non-hydrogen) atoms. The molecule has 0 radical (unpaired) electrons. The number of ether oxygens (including phenoxy) is 1. The fourth-order valence-electron chi connectivity index (χ4n) is 2.88. The van der Waals surface area contributed by atoms with Gasteiger partial charge >= 0.3 is 6.09 Å². The predicted molar refractivity (Wildman–Crippen MR) is 67.8 cm³/mol. The minimum atomic E-state index is -0.401. The Morgan fingerprint density at radius 2 is 2.12 bits per heavy atom. The summed E-state index contributed by atoms with van der Waals surface area (Å²) in [6.07, 6.45) is 3.41. The molecule has 1 aliphatic heterocycles. The standard InChI is InChI=1S/C14H23NO2/c1-10-6-5-7-11-8-15(9-12(10)11)13(16)17-14(2,3)4/h11-12H,1,5-9H2,2-4H3/t11-,12-/m1/s1. The number of hydrogen-bond acceptors (Lipinski definition) is 2. The van der Waals surface area contributed by atoms with Crippen molar-refractivity contribution < 1.29 is 9.53 Å². The maximum absolute atomic E-state index is 12.0. The van der Waals surface area contributed by atoms with Crippen LogP contribution in [0.3, 0.4) is 0 Å². The van der Waals surface area contributed by atoms with Gasteiger partial charge in [0, 0.05) is 19.0 Å². The highest BCUT2D eigenvalue weighted by atomic mass is 16.6. The second kappa shape index (κ2) is 4.35. The van der Waals surface area contributed by atoms with Gasteiger partial charge in [-0.15, -0.1) is 0 Å². The first-order chi connectivity index (χ1) is 7.87. The first kappa shape index (κ1) is 12.5. The summed E-state index contributed by atoms with van der Waals surface area (Å²) in [7, 11) is 0. The van der Waals surface area contributed by atoms with E-state index in [4.69, 9.17) is 4.74 Å². The molecule has 3 nitrogen and oxygen atoms in total. The first-order valence-electron chi connectivity index (χ1n) is 6.52. The zero-order valence-corrected chi connectivity index (χ0v) is 11.2. The average Bonchev–Trinajstić information content (AvgIpc) is 2.60. The number of amides is 1. The van der Waals surface area contributed by atoms with Gasteiger partial charge in [0.2, 0.25) is 0 Å². The molecule has 1 heterocycles. The van der Waals surface area contributed by atoms with Crippen LogP contribution < -0.4 is 0 Å². The molecule has 1 amide bonds. The number of fused-ring (bicyclic) bond motifs is 1. The van der Waals surface area contributed by atoms with Crippen molar-refractivity contribution >= 4 is 6.09 Å². The molecule has 1 aliphatic carbocycles. The highest BCUT2D eigenvalue weighted by Crippen LogP contribution is 2.39. The van der Waals surface area contributed by atoms with Crippen LogP contribution in [0.4, 0.5) is 4.79 Å². The number of rotatable bonds is 0. The summed E-state index contributed by atoms with van der Waals surface area (Å²) in [5, 5.41) is 0. The Labute approximate surface area is 104 Å². The monoisotopic (exact) mass is 237 g/mol. The topological polar surface area (TPSA) is 29.5 Å². The van der Waals surface area contributed by atoms with Gasteiger partial charge in [-0.2, -0.15) is 0 Å². The summed E-state index contributed by atoms with van der Waals surface area (Å²) < 4.78 is 5.42. The summed E-state index contributed by atoms with van der Waals surface area (Å²) in [5.74, 6) is 1.13. The van der Waals surface area contributed by atoms with Gasteiger partial charge in [-0.05, 0) is 46.0 Å². The van der Waals surface area contributed by atoms with E-state index in [2.05, 4.69) is 6.58 Å². The lowest BCUT2D eigenvalue weighted by Crippen LogP contribution is -2.35. The maximum Gasteiger partial charge on any atom is 0.410 e. The van der Waals surface area contributed by atoms with Crippen molar-refractivity contribution in [1.82, 2.24) is 4.90 Å². The van der Waals surface area contributed by atoms with Gasteiger partial charge in [0.25, 0.3) is 0 Å². The Balaban J connectivity index is 1.97. The lowest BCUT2D eigenvalue weighted by Gasteiger charge is -2.25. The van der Waals surface area contributed by atoms with Gasteiger partial charge in [-0.25, -0.2) is 4.79 Å².